The van der Waals surface area contributed by atoms with Crippen LogP contribution < -0.4 is 0 Å². The van der Waals surface area contributed by atoms with E-state index in [1.165, 1.54) is 0 Å². The molecular weight excluding hydrogens is 428 g/mol. The molecule has 0 aliphatic carbocycles. The Bertz CT molecular complexity index is 693. The van der Waals surface area contributed by atoms with E-state index in [0.717, 1.165) is 6.07 Å². The van der Waals surface area contributed by atoms with E-state index in [1.807, 2.05) is 0 Å². The van der Waals surface area contributed by atoms with Crippen LogP contribution in [0.5, 0.6) is 11.5 Å². The zero-order valence-corrected chi connectivity index (χ0v) is 16.6. The van der Waals surface area contributed by atoms with Crippen molar-refractivity contribution in [3.05, 3.63) is 34.4 Å². The Morgan fingerprint density at radius 3 is 2.65 bits per heavy atom. The van der Waals surface area contributed by atoms with Crippen LogP contribution in [-0.4, -0.2) is 49.5 Å². The maximum atomic E-state index is 12.5. The lowest BCUT2D eigenvalue weighted by atomic mass is 9.98. The molecule has 0 saturated heterocycles. The standard InChI is InChI=1S/C18H22BrClO6/c1-9-6-13(22)12(19)5-3-2-4-10(21)7-11-16(18(25)26-9)14(23)8-15(24)17(11)20/h2,4,8-10,12-13,21-24H,3,5-7H2,1H3/b4-2+/t9-,10+,12-,13+/m1/s1. The number of phenolic OH excluding ortho intramolecular Hbond substituents is 2. The molecule has 0 amide bonds. The van der Waals surface area contributed by atoms with Crippen molar-refractivity contribution in [3.63, 3.8) is 0 Å². The number of phenols is 2. The van der Waals surface area contributed by atoms with Gasteiger partial charge in [-0.15, -0.1) is 0 Å². The van der Waals surface area contributed by atoms with Gasteiger partial charge in [-0.1, -0.05) is 39.7 Å². The van der Waals surface area contributed by atoms with Gasteiger partial charge in [-0.2, -0.15) is 0 Å². The monoisotopic (exact) mass is 448 g/mol. The van der Waals surface area contributed by atoms with E-state index in [1.54, 1.807) is 19.1 Å². The lowest BCUT2D eigenvalue weighted by Crippen LogP contribution is -2.28. The zero-order valence-electron chi connectivity index (χ0n) is 14.2. The number of halogens is 2. The third-order valence-electron chi connectivity index (χ3n) is 4.21. The molecule has 1 aliphatic heterocycles. The van der Waals surface area contributed by atoms with Crippen LogP contribution in [0.1, 0.15) is 42.1 Å². The first kappa shape index (κ1) is 21.0. The number of fused-ring (bicyclic) bond motifs is 1. The van der Waals surface area contributed by atoms with Crippen molar-refractivity contribution >= 4 is 33.5 Å². The molecule has 1 aromatic rings. The van der Waals surface area contributed by atoms with Gasteiger partial charge < -0.3 is 25.2 Å². The lowest BCUT2D eigenvalue weighted by molar-refractivity contribution is 0.0195. The number of hydrogen-bond acceptors (Lipinski definition) is 6. The van der Waals surface area contributed by atoms with Crippen molar-refractivity contribution in [2.45, 2.75) is 55.7 Å². The van der Waals surface area contributed by atoms with Gasteiger partial charge in [0.2, 0.25) is 0 Å². The number of rotatable bonds is 0. The number of cyclic esters (lactones) is 1. The minimum Gasteiger partial charge on any atom is -0.507 e. The highest BCUT2D eigenvalue weighted by atomic mass is 79.9. The van der Waals surface area contributed by atoms with Gasteiger partial charge >= 0.3 is 5.97 Å². The fraction of sp³-hybridized carbons (Fsp3) is 0.500. The number of esters is 1. The van der Waals surface area contributed by atoms with Crippen molar-refractivity contribution in [1.29, 1.82) is 0 Å². The predicted molar refractivity (Wildman–Crippen MR) is 101 cm³/mol. The maximum absolute atomic E-state index is 12.5. The molecule has 0 spiro atoms. The molecule has 0 aromatic heterocycles. The number of hydrogen-bond donors (Lipinski definition) is 4. The van der Waals surface area contributed by atoms with Crippen molar-refractivity contribution in [2.24, 2.45) is 0 Å². The van der Waals surface area contributed by atoms with Gasteiger partial charge in [0.15, 0.2) is 0 Å². The Labute approximate surface area is 165 Å². The van der Waals surface area contributed by atoms with Crippen molar-refractivity contribution in [2.75, 3.05) is 0 Å². The van der Waals surface area contributed by atoms with E-state index in [0.29, 0.717) is 12.8 Å². The molecule has 26 heavy (non-hydrogen) atoms. The maximum Gasteiger partial charge on any atom is 0.342 e. The summed E-state index contributed by atoms with van der Waals surface area (Å²) in [5, 5.41) is 40.3. The molecule has 4 atom stereocenters. The highest BCUT2D eigenvalue weighted by Crippen LogP contribution is 2.37. The van der Waals surface area contributed by atoms with Gasteiger partial charge in [-0.3, -0.25) is 0 Å². The average Bonchev–Trinajstić information content (AvgIpc) is 2.54. The highest BCUT2D eigenvalue weighted by molar-refractivity contribution is 9.09. The smallest absolute Gasteiger partial charge is 0.342 e. The molecule has 0 radical (unpaired) electrons. The Morgan fingerprint density at radius 2 is 1.96 bits per heavy atom. The highest BCUT2D eigenvalue weighted by Gasteiger charge is 2.27. The Balaban J connectivity index is 2.44. The first-order valence-corrected chi connectivity index (χ1v) is 9.61. The first-order valence-electron chi connectivity index (χ1n) is 8.31. The largest absolute Gasteiger partial charge is 0.507 e. The normalized spacial score (nSPS) is 29.3. The fourth-order valence-electron chi connectivity index (χ4n) is 2.86. The predicted octanol–water partition coefficient (Wildman–Crippen LogP) is 3.06. The third-order valence-corrected chi connectivity index (χ3v) is 5.69. The number of carbonyl (C=O) groups excluding carboxylic acids is 1. The minimum absolute atomic E-state index is 0.0729. The molecule has 6 nitrogen and oxygen atoms in total. The van der Waals surface area contributed by atoms with Crippen LogP contribution >= 0.6 is 27.5 Å². The minimum atomic E-state index is -0.973. The Morgan fingerprint density at radius 1 is 1.27 bits per heavy atom. The van der Waals surface area contributed by atoms with E-state index in [4.69, 9.17) is 16.3 Å². The second-order valence-electron chi connectivity index (χ2n) is 6.39. The summed E-state index contributed by atoms with van der Waals surface area (Å²) in [6, 6.07) is 0.960. The molecule has 4 N–H and O–H groups in total. The van der Waals surface area contributed by atoms with Crippen LogP contribution in [0.4, 0.5) is 0 Å². The summed E-state index contributed by atoms with van der Waals surface area (Å²) in [5.41, 5.74) is -0.0939. The van der Waals surface area contributed by atoms with Crippen LogP contribution in [0, 0.1) is 0 Å². The van der Waals surface area contributed by atoms with E-state index < -0.39 is 35.8 Å². The second-order valence-corrected chi connectivity index (χ2v) is 7.95. The summed E-state index contributed by atoms with van der Waals surface area (Å²) in [6.07, 6.45) is 2.43. The number of carbonyl (C=O) groups is 1. The average molecular weight is 450 g/mol. The molecule has 1 aromatic carbocycles. The molecular formula is C18H22BrClO6. The van der Waals surface area contributed by atoms with Crippen LogP contribution in [0.2, 0.25) is 5.02 Å². The van der Waals surface area contributed by atoms with Crippen molar-refractivity contribution in [3.8, 4) is 11.5 Å². The number of aromatic hydroxyl groups is 2. The number of ether oxygens (including phenoxy) is 1. The van der Waals surface area contributed by atoms with Gasteiger partial charge in [0.1, 0.15) is 23.2 Å². The first-order chi connectivity index (χ1) is 12.2. The van der Waals surface area contributed by atoms with Crippen LogP contribution in [-0.2, 0) is 11.2 Å². The molecule has 8 heteroatoms. The molecule has 0 bridgehead atoms. The summed E-state index contributed by atoms with van der Waals surface area (Å²) < 4.78 is 5.33. The number of benzene rings is 1. The number of alkyl halides is 1. The topological polar surface area (TPSA) is 107 Å². The summed E-state index contributed by atoms with van der Waals surface area (Å²) in [6.45, 7) is 1.64. The third kappa shape index (κ3) is 5.13. The SMILES string of the molecule is C[C@@H]1C[C@H](O)[C@H](Br)CC/C=C/[C@H](O)Cc2c(Cl)c(O)cc(O)c2C(=O)O1. The number of aliphatic hydroxyl groups is 2. The van der Waals surface area contributed by atoms with Crippen molar-refractivity contribution < 1.29 is 30.0 Å². The summed E-state index contributed by atoms with van der Waals surface area (Å²) in [4.78, 5) is 12.4. The van der Waals surface area contributed by atoms with E-state index >= 15 is 0 Å². The summed E-state index contributed by atoms with van der Waals surface area (Å²) >= 11 is 9.51. The molecule has 0 unspecified atom stereocenters. The van der Waals surface area contributed by atoms with Crippen LogP contribution in [0.25, 0.3) is 0 Å². The van der Waals surface area contributed by atoms with E-state index in [2.05, 4.69) is 15.9 Å². The molecule has 1 aliphatic rings. The summed E-state index contributed by atoms with van der Waals surface area (Å²) in [5.74, 6) is -1.71. The molecule has 144 valence electrons. The van der Waals surface area contributed by atoms with E-state index in [9.17, 15) is 25.2 Å². The number of aliphatic hydroxyl groups excluding tert-OH is 2. The van der Waals surface area contributed by atoms with Crippen LogP contribution in [0.3, 0.4) is 0 Å². The fourth-order valence-corrected chi connectivity index (χ4v) is 3.57. The van der Waals surface area contributed by atoms with Gasteiger partial charge in [-0.25, -0.2) is 4.79 Å². The Hall–Kier alpha value is -1.28. The molecule has 0 saturated carbocycles. The second kappa shape index (κ2) is 9.08. The van der Waals surface area contributed by atoms with Gasteiger partial charge in [0.05, 0.1) is 17.2 Å². The molecule has 1 heterocycles. The summed E-state index contributed by atoms with van der Waals surface area (Å²) in [7, 11) is 0. The van der Waals surface area contributed by atoms with Crippen LogP contribution in [0.15, 0.2) is 18.2 Å². The van der Waals surface area contributed by atoms with Crippen molar-refractivity contribution in [1.82, 2.24) is 0 Å². The lowest BCUT2D eigenvalue weighted by Gasteiger charge is -2.22. The zero-order chi connectivity index (χ0) is 19.4. The molecule has 2 rings (SSSR count). The molecule has 0 fully saturated rings. The quantitative estimate of drug-likeness (QED) is 0.275. The van der Waals surface area contributed by atoms with Gasteiger partial charge in [-0.05, 0) is 25.3 Å². The van der Waals surface area contributed by atoms with E-state index in [-0.39, 0.29) is 33.8 Å². The van der Waals surface area contributed by atoms with Gasteiger partial charge in [0.25, 0.3) is 0 Å². The Kier molecular flexibility index (Phi) is 7.34. The number of allylic oxidation sites excluding steroid dienone is 1. The van der Waals surface area contributed by atoms with Gasteiger partial charge in [0, 0.05) is 23.7 Å².